The number of hydrogen-bond donors (Lipinski definition) is 2. The van der Waals surface area contributed by atoms with Crippen molar-refractivity contribution in [3.8, 4) is 0 Å². The fourth-order valence-electron chi connectivity index (χ4n) is 5.57. The SMILES string of the molecule is Cn1ccc([C@@H]2CC[C@@H]3CN(c4nc(C(C)(C)C)ccc4C(=O)NS(=O)(=O)c4cccc(n4)N2)C(C)(C)C3)n1. The molecule has 0 unspecified atom stereocenters. The minimum Gasteiger partial charge on any atom is -0.362 e. The van der Waals surface area contributed by atoms with E-state index in [1.165, 1.54) is 6.07 Å². The van der Waals surface area contributed by atoms with Crippen LogP contribution in [0.2, 0.25) is 0 Å². The summed E-state index contributed by atoms with van der Waals surface area (Å²) in [6, 6.07) is 10.0. The predicted molar refractivity (Wildman–Crippen MR) is 150 cm³/mol. The standard InChI is InChI=1S/C28H37N7O3S/c1-27(2,3)22-13-11-19-25(30-22)35-17-18(16-28(35,4)5)10-12-20(21-14-15-34(6)32-21)29-23-8-7-9-24(31-23)39(37,38)33-26(19)36/h7-9,11,13-15,18,20H,10,12,16-17H2,1-6H3,(H,29,31)(H,33,36)/t18-,20-/m0/s1. The third-order valence-corrected chi connectivity index (χ3v) is 8.84. The third kappa shape index (κ3) is 5.50. The number of rotatable bonds is 1. The van der Waals surface area contributed by atoms with E-state index in [1.54, 1.807) is 28.9 Å². The number of aryl methyl sites for hydroxylation is 1. The first-order chi connectivity index (χ1) is 18.2. The average molecular weight is 552 g/mol. The molecule has 3 aromatic rings. The van der Waals surface area contributed by atoms with Crippen LogP contribution in [-0.2, 0) is 22.5 Å². The molecular formula is C28H37N7O3S. The summed E-state index contributed by atoms with van der Waals surface area (Å²) < 4.78 is 30.6. The van der Waals surface area contributed by atoms with Crippen LogP contribution in [-0.4, -0.2) is 46.2 Å². The first-order valence-corrected chi connectivity index (χ1v) is 14.8. The second kappa shape index (κ2) is 9.62. The molecule has 39 heavy (non-hydrogen) atoms. The number of aromatic nitrogens is 4. The summed E-state index contributed by atoms with van der Waals surface area (Å²) in [5.74, 6) is 0.537. The van der Waals surface area contributed by atoms with Crippen molar-refractivity contribution in [2.24, 2.45) is 13.0 Å². The van der Waals surface area contributed by atoms with Gasteiger partial charge >= 0.3 is 0 Å². The maximum Gasteiger partial charge on any atom is 0.281 e. The molecule has 0 aromatic carbocycles. The third-order valence-electron chi connectivity index (χ3n) is 7.61. The van der Waals surface area contributed by atoms with E-state index in [-0.39, 0.29) is 27.6 Å². The van der Waals surface area contributed by atoms with Crippen molar-refractivity contribution in [2.45, 2.75) is 75.9 Å². The van der Waals surface area contributed by atoms with E-state index >= 15 is 0 Å². The zero-order valence-corrected chi connectivity index (χ0v) is 24.2. The molecule has 0 spiro atoms. The summed E-state index contributed by atoms with van der Waals surface area (Å²) in [5.41, 5.74) is 1.41. The van der Waals surface area contributed by atoms with Crippen LogP contribution in [0.25, 0.3) is 0 Å². The second-order valence-corrected chi connectivity index (χ2v) is 13.9. The molecule has 0 radical (unpaired) electrons. The van der Waals surface area contributed by atoms with E-state index < -0.39 is 15.9 Å². The Balaban J connectivity index is 1.63. The Morgan fingerprint density at radius 3 is 2.51 bits per heavy atom. The number of pyridine rings is 2. The minimum atomic E-state index is -4.25. The highest BCUT2D eigenvalue weighted by Gasteiger charge is 2.41. The molecule has 1 amide bonds. The first kappa shape index (κ1) is 27.1. The fraction of sp³-hybridized carbons (Fsp3) is 0.500. The lowest BCUT2D eigenvalue weighted by molar-refractivity contribution is 0.0981. The van der Waals surface area contributed by atoms with Gasteiger partial charge in [-0.05, 0) is 69.4 Å². The quantitative estimate of drug-likeness (QED) is 0.462. The molecule has 2 atom stereocenters. The largest absolute Gasteiger partial charge is 0.362 e. The predicted octanol–water partition coefficient (Wildman–Crippen LogP) is 4.18. The van der Waals surface area contributed by atoms with Crippen LogP contribution in [0, 0.1) is 5.92 Å². The van der Waals surface area contributed by atoms with Gasteiger partial charge in [-0.15, -0.1) is 0 Å². The lowest BCUT2D eigenvalue weighted by Crippen LogP contribution is -2.41. The number of nitrogens with zero attached hydrogens (tertiary/aromatic N) is 5. The van der Waals surface area contributed by atoms with Crippen molar-refractivity contribution in [2.75, 3.05) is 16.8 Å². The summed E-state index contributed by atoms with van der Waals surface area (Å²) in [6.45, 7) is 11.2. The molecule has 5 heterocycles. The van der Waals surface area contributed by atoms with E-state index in [0.717, 1.165) is 30.7 Å². The summed E-state index contributed by atoms with van der Waals surface area (Å²) in [7, 11) is -2.37. The van der Waals surface area contributed by atoms with Gasteiger partial charge in [-0.25, -0.2) is 14.7 Å². The van der Waals surface area contributed by atoms with Gasteiger partial charge < -0.3 is 10.2 Å². The summed E-state index contributed by atoms with van der Waals surface area (Å²) in [4.78, 5) is 25.0. The van der Waals surface area contributed by atoms with Gasteiger partial charge in [0.1, 0.15) is 11.6 Å². The zero-order chi connectivity index (χ0) is 28.2. The topological polar surface area (TPSA) is 122 Å². The van der Waals surface area contributed by atoms with Gasteiger partial charge in [0.2, 0.25) is 0 Å². The van der Waals surface area contributed by atoms with Crippen LogP contribution in [0.3, 0.4) is 0 Å². The Kier molecular flexibility index (Phi) is 6.69. The van der Waals surface area contributed by atoms with Crippen LogP contribution in [0.1, 0.15) is 81.7 Å². The maximum absolute atomic E-state index is 13.5. The van der Waals surface area contributed by atoms with E-state index in [4.69, 9.17) is 4.98 Å². The molecule has 208 valence electrons. The Bertz CT molecular complexity index is 1510. The highest BCUT2D eigenvalue weighted by atomic mass is 32.2. The van der Waals surface area contributed by atoms with Crippen molar-refractivity contribution in [1.82, 2.24) is 24.5 Å². The van der Waals surface area contributed by atoms with Gasteiger partial charge in [-0.2, -0.15) is 13.5 Å². The lowest BCUT2D eigenvalue weighted by Gasteiger charge is -2.34. The number of fused-ring (bicyclic) bond motifs is 6. The summed E-state index contributed by atoms with van der Waals surface area (Å²) in [5, 5.41) is 7.77. The van der Waals surface area contributed by atoms with Crippen LogP contribution >= 0.6 is 0 Å². The second-order valence-electron chi connectivity index (χ2n) is 12.3. The van der Waals surface area contributed by atoms with Gasteiger partial charge in [0, 0.05) is 36.4 Å². The molecule has 10 nitrogen and oxygen atoms in total. The van der Waals surface area contributed by atoms with Crippen LogP contribution < -0.4 is 14.9 Å². The molecule has 2 aliphatic rings. The number of sulfonamides is 1. The molecule has 5 rings (SSSR count). The lowest BCUT2D eigenvalue weighted by atomic mass is 9.90. The van der Waals surface area contributed by atoms with Crippen LogP contribution in [0.4, 0.5) is 11.6 Å². The molecule has 2 aliphatic heterocycles. The van der Waals surface area contributed by atoms with Crippen molar-refractivity contribution < 1.29 is 13.2 Å². The fourth-order valence-corrected chi connectivity index (χ4v) is 6.50. The van der Waals surface area contributed by atoms with Gasteiger partial charge in [0.25, 0.3) is 15.9 Å². The van der Waals surface area contributed by atoms with Gasteiger partial charge in [0.15, 0.2) is 5.03 Å². The van der Waals surface area contributed by atoms with Gasteiger partial charge in [-0.1, -0.05) is 26.8 Å². The molecule has 0 aliphatic carbocycles. The zero-order valence-electron chi connectivity index (χ0n) is 23.4. The number of carbonyl (C=O) groups excluding carboxylic acids is 1. The molecule has 0 saturated carbocycles. The number of nitrogens with one attached hydrogen (secondary N) is 2. The van der Waals surface area contributed by atoms with Crippen molar-refractivity contribution >= 4 is 27.6 Å². The molecule has 2 N–H and O–H groups in total. The Hall–Kier alpha value is -3.47. The van der Waals surface area contributed by atoms with Crippen molar-refractivity contribution in [3.63, 3.8) is 0 Å². The highest BCUT2D eigenvalue weighted by molar-refractivity contribution is 7.90. The smallest absolute Gasteiger partial charge is 0.281 e. The highest BCUT2D eigenvalue weighted by Crippen LogP contribution is 2.41. The van der Waals surface area contributed by atoms with E-state index in [1.807, 2.05) is 19.3 Å². The molecule has 3 aromatic heterocycles. The van der Waals surface area contributed by atoms with E-state index in [0.29, 0.717) is 24.1 Å². The molecule has 11 heteroatoms. The van der Waals surface area contributed by atoms with Crippen molar-refractivity contribution in [1.29, 1.82) is 0 Å². The molecule has 4 bridgehead atoms. The van der Waals surface area contributed by atoms with Gasteiger partial charge in [0.05, 0.1) is 17.3 Å². The minimum absolute atomic E-state index is 0.161. The monoisotopic (exact) mass is 551 g/mol. The Labute approximate surface area is 230 Å². The molecular weight excluding hydrogens is 514 g/mol. The van der Waals surface area contributed by atoms with Crippen LogP contribution in [0.15, 0.2) is 47.6 Å². The maximum atomic E-state index is 13.5. The summed E-state index contributed by atoms with van der Waals surface area (Å²) in [6.07, 6.45) is 4.50. The number of anilines is 2. The Morgan fingerprint density at radius 2 is 1.82 bits per heavy atom. The summed E-state index contributed by atoms with van der Waals surface area (Å²) >= 11 is 0. The van der Waals surface area contributed by atoms with Crippen LogP contribution in [0.5, 0.6) is 0 Å². The first-order valence-electron chi connectivity index (χ1n) is 13.3. The number of hydrogen-bond acceptors (Lipinski definition) is 8. The number of amides is 1. The Morgan fingerprint density at radius 1 is 1.05 bits per heavy atom. The average Bonchev–Trinajstić information content (AvgIpc) is 3.42. The normalized spacial score (nSPS) is 22.7. The van der Waals surface area contributed by atoms with E-state index in [2.05, 4.69) is 59.6 Å². The van der Waals surface area contributed by atoms with E-state index in [9.17, 15) is 13.2 Å². The molecule has 1 saturated heterocycles. The molecule has 1 fully saturated rings. The van der Waals surface area contributed by atoms with Gasteiger partial charge in [-0.3, -0.25) is 9.48 Å². The van der Waals surface area contributed by atoms with Crippen molar-refractivity contribution in [3.05, 3.63) is 59.5 Å². The number of carbonyl (C=O) groups is 1.